The fraction of sp³-hybridized carbons (Fsp3) is 0.818. The maximum atomic E-state index is 5.60. The molecule has 2 saturated heterocycles. The fourth-order valence-electron chi connectivity index (χ4n) is 2.46. The van der Waals surface area contributed by atoms with Crippen molar-refractivity contribution in [1.82, 2.24) is 20.5 Å². The molecule has 6 nitrogen and oxygen atoms in total. The molecule has 2 aliphatic heterocycles. The van der Waals surface area contributed by atoms with Gasteiger partial charge in [0.2, 0.25) is 5.95 Å². The first-order chi connectivity index (χ1) is 8.33. The summed E-state index contributed by atoms with van der Waals surface area (Å²) in [7, 11) is 0. The summed E-state index contributed by atoms with van der Waals surface area (Å²) < 4.78 is 5.60. The highest BCUT2D eigenvalue weighted by Crippen LogP contribution is 2.26. The number of H-pyrrole nitrogens is 1. The molecule has 17 heavy (non-hydrogen) atoms. The standard InChI is InChI=1S/C11H19N5O/c1-8-7-16(5-4-12-8)11-13-10(14-15-11)9-3-2-6-17-9/h8-9,12H,2-7H2,1H3,(H,13,14,15)/t8-,9?/m1/s1. The molecule has 0 aromatic carbocycles. The van der Waals surface area contributed by atoms with Crippen LogP contribution in [0.5, 0.6) is 0 Å². The summed E-state index contributed by atoms with van der Waals surface area (Å²) in [6.07, 6.45) is 2.29. The predicted molar refractivity (Wildman–Crippen MR) is 64.0 cm³/mol. The minimum Gasteiger partial charge on any atom is -0.370 e. The van der Waals surface area contributed by atoms with E-state index in [1.807, 2.05) is 0 Å². The van der Waals surface area contributed by atoms with E-state index in [2.05, 4.69) is 32.3 Å². The number of hydrogen-bond acceptors (Lipinski definition) is 5. The number of rotatable bonds is 2. The summed E-state index contributed by atoms with van der Waals surface area (Å²) >= 11 is 0. The number of nitrogens with zero attached hydrogens (tertiary/aromatic N) is 3. The molecule has 1 unspecified atom stereocenters. The molecule has 0 aliphatic carbocycles. The van der Waals surface area contributed by atoms with Crippen molar-refractivity contribution in [3.05, 3.63) is 5.82 Å². The quantitative estimate of drug-likeness (QED) is 0.782. The average Bonchev–Trinajstić information content (AvgIpc) is 3.00. The first-order valence-electron chi connectivity index (χ1n) is 6.35. The SMILES string of the molecule is C[C@@H]1CN(c2n[nH]c(C3CCCO3)n2)CCN1. The van der Waals surface area contributed by atoms with E-state index in [1.165, 1.54) is 0 Å². The highest BCUT2D eigenvalue weighted by atomic mass is 16.5. The number of nitrogens with one attached hydrogen (secondary N) is 2. The molecule has 3 rings (SSSR count). The van der Waals surface area contributed by atoms with Gasteiger partial charge < -0.3 is 15.0 Å². The maximum absolute atomic E-state index is 5.60. The minimum absolute atomic E-state index is 0.122. The fourth-order valence-corrected chi connectivity index (χ4v) is 2.46. The molecule has 1 aromatic heterocycles. The predicted octanol–water partition coefficient (Wildman–Crippen LogP) is 0.454. The molecule has 3 heterocycles. The van der Waals surface area contributed by atoms with Crippen molar-refractivity contribution in [1.29, 1.82) is 0 Å². The molecule has 2 fully saturated rings. The molecule has 94 valence electrons. The van der Waals surface area contributed by atoms with Crippen molar-refractivity contribution in [2.75, 3.05) is 31.1 Å². The van der Waals surface area contributed by atoms with Gasteiger partial charge in [0.1, 0.15) is 6.10 Å². The van der Waals surface area contributed by atoms with Gasteiger partial charge in [-0.3, -0.25) is 5.10 Å². The zero-order chi connectivity index (χ0) is 11.7. The molecule has 2 N–H and O–H groups in total. The molecule has 0 radical (unpaired) electrons. The summed E-state index contributed by atoms with van der Waals surface area (Å²) in [5.41, 5.74) is 0. The Morgan fingerprint density at radius 1 is 1.47 bits per heavy atom. The minimum atomic E-state index is 0.122. The molecule has 1 aromatic rings. The third kappa shape index (κ3) is 2.28. The number of anilines is 1. The van der Waals surface area contributed by atoms with Crippen LogP contribution in [0.15, 0.2) is 0 Å². The number of aromatic nitrogens is 3. The number of hydrogen-bond donors (Lipinski definition) is 2. The van der Waals surface area contributed by atoms with Crippen LogP contribution < -0.4 is 10.2 Å². The second kappa shape index (κ2) is 4.62. The molecular weight excluding hydrogens is 218 g/mol. The summed E-state index contributed by atoms with van der Waals surface area (Å²) in [4.78, 5) is 6.78. The highest BCUT2D eigenvalue weighted by Gasteiger charge is 2.24. The first-order valence-corrected chi connectivity index (χ1v) is 6.35. The number of ether oxygens (including phenoxy) is 1. The van der Waals surface area contributed by atoms with Crippen LogP contribution >= 0.6 is 0 Å². The van der Waals surface area contributed by atoms with Gasteiger partial charge in [0, 0.05) is 32.3 Å². The Balaban J connectivity index is 1.70. The highest BCUT2D eigenvalue weighted by molar-refractivity contribution is 5.30. The van der Waals surface area contributed by atoms with Crippen LogP contribution in [0.1, 0.15) is 31.7 Å². The summed E-state index contributed by atoms with van der Waals surface area (Å²) in [5.74, 6) is 1.69. The Morgan fingerprint density at radius 3 is 3.18 bits per heavy atom. The molecular formula is C11H19N5O. The van der Waals surface area contributed by atoms with Gasteiger partial charge in [-0.15, -0.1) is 5.10 Å². The second-order valence-electron chi connectivity index (χ2n) is 4.82. The van der Waals surface area contributed by atoms with Crippen LogP contribution in [0.25, 0.3) is 0 Å². The van der Waals surface area contributed by atoms with Crippen molar-refractivity contribution < 1.29 is 4.74 Å². The van der Waals surface area contributed by atoms with Gasteiger partial charge in [-0.1, -0.05) is 0 Å². The van der Waals surface area contributed by atoms with Crippen molar-refractivity contribution >= 4 is 5.95 Å². The Hall–Kier alpha value is -1.14. The van der Waals surface area contributed by atoms with Crippen LogP contribution in [-0.2, 0) is 4.74 Å². The number of aromatic amines is 1. The molecule has 0 saturated carbocycles. The molecule has 0 bridgehead atoms. The van der Waals surface area contributed by atoms with E-state index in [-0.39, 0.29) is 6.10 Å². The van der Waals surface area contributed by atoms with E-state index in [4.69, 9.17) is 4.74 Å². The second-order valence-corrected chi connectivity index (χ2v) is 4.82. The van der Waals surface area contributed by atoms with E-state index in [0.717, 1.165) is 50.9 Å². The van der Waals surface area contributed by atoms with Gasteiger partial charge >= 0.3 is 0 Å². The topological polar surface area (TPSA) is 66.1 Å². The lowest BCUT2D eigenvalue weighted by molar-refractivity contribution is 0.105. The molecule has 6 heteroatoms. The zero-order valence-electron chi connectivity index (χ0n) is 10.1. The monoisotopic (exact) mass is 237 g/mol. The van der Waals surface area contributed by atoms with Crippen molar-refractivity contribution in [2.24, 2.45) is 0 Å². The molecule has 2 aliphatic rings. The average molecular weight is 237 g/mol. The van der Waals surface area contributed by atoms with E-state index in [1.54, 1.807) is 0 Å². The van der Waals surface area contributed by atoms with Crippen LogP contribution in [-0.4, -0.2) is 47.5 Å². The van der Waals surface area contributed by atoms with Crippen molar-refractivity contribution in [2.45, 2.75) is 31.9 Å². The van der Waals surface area contributed by atoms with Crippen molar-refractivity contribution in [3.8, 4) is 0 Å². The van der Waals surface area contributed by atoms with Gasteiger partial charge in [-0.25, -0.2) is 0 Å². The van der Waals surface area contributed by atoms with Gasteiger partial charge in [0.05, 0.1) is 0 Å². The Bertz CT molecular complexity index is 374. The largest absolute Gasteiger partial charge is 0.370 e. The first kappa shape index (κ1) is 11.0. The van der Waals surface area contributed by atoms with Crippen LogP contribution in [0.3, 0.4) is 0 Å². The third-order valence-electron chi connectivity index (χ3n) is 3.38. The van der Waals surface area contributed by atoms with Crippen LogP contribution in [0, 0.1) is 0 Å². The smallest absolute Gasteiger partial charge is 0.244 e. The van der Waals surface area contributed by atoms with E-state index >= 15 is 0 Å². The van der Waals surface area contributed by atoms with Crippen LogP contribution in [0.4, 0.5) is 5.95 Å². The Kier molecular flexibility index (Phi) is 2.98. The summed E-state index contributed by atoms with van der Waals surface area (Å²) in [6, 6.07) is 0.494. The van der Waals surface area contributed by atoms with Crippen molar-refractivity contribution in [3.63, 3.8) is 0 Å². The van der Waals surface area contributed by atoms with Crippen LogP contribution in [0.2, 0.25) is 0 Å². The maximum Gasteiger partial charge on any atom is 0.244 e. The lowest BCUT2D eigenvalue weighted by Crippen LogP contribution is -2.49. The summed E-state index contributed by atoms with van der Waals surface area (Å²) in [5, 5.41) is 10.7. The van der Waals surface area contributed by atoms with E-state index < -0.39 is 0 Å². The summed E-state index contributed by atoms with van der Waals surface area (Å²) in [6.45, 7) is 5.94. The lowest BCUT2D eigenvalue weighted by Gasteiger charge is -2.30. The molecule has 0 amide bonds. The molecule has 2 atom stereocenters. The lowest BCUT2D eigenvalue weighted by atomic mass is 10.2. The van der Waals surface area contributed by atoms with Gasteiger partial charge in [0.25, 0.3) is 0 Å². The molecule has 0 spiro atoms. The van der Waals surface area contributed by atoms with Gasteiger partial charge in [-0.05, 0) is 19.8 Å². The third-order valence-corrected chi connectivity index (χ3v) is 3.38. The van der Waals surface area contributed by atoms with Gasteiger partial charge in [-0.2, -0.15) is 4.98 Å². The number of piperazine rings is 1. The normalized spacial score (nSPS) is 29.8. The Morgan fingerprint density at radius 2 is 2.41 bits per heavy atom. The zero-order valence-corrected chi connectivity index (χ0v) is 10.1. The Labute approximate surface area is 101 Å². The van der Waals surface area contributed by atoms with E-state index in [9.17, 15) is 0 Å². The van der Waals surface area contributed by atoms with Gasteiger partial charge in [0.15, 0.2) is 5.82 Å². The van der Waals surface area contributed by atoms with E-state index in [0.29, 0.717) is 6.04 Å².